The number of phenols is 1. The number of piperazine rings is 1. The second-order valence-electron chi connectivity index (χ2n) is 19.5. The fourth-order valence-electron chi connectivity index (χ4n) is 9.92. The van der Waals surface area contributed by atoms with E-state index in [9.17, 15) is 24.6 Å². The summed E-state index contributed by atoms with van der Waals surface area (Å²) in [6.07, 6.45) is 1.23. The van der Waals surface area contributed by atoms with Gasteiger partial charge in [-0.2, -0.15) is 0 Å². The quantitative estimate of drug-likeness (QED) is 0.0759. The van der Waals surface area contributed by atoms with Crippen molar-refractivity contribution in [2.45, 2.75) is 83.5 Å². The van der Waals surface area contributed by atoms with Gasteiger partial charge in [-0.05, 0) is 88.7 Å². The predicted molar refractivity (Wildman–Crippen MR) is 265 cm³/mol. The van der Waals surface area contributed by atoms with E-state index in [1.807, 2.05) is 63.5 Å². The number of fused-ring (bicyclic) bond motifs is 1. The van der Waals surface area contributed by atoms with Crippen molar-refractivity contribution in [1.29, 1.82) is 0 Å². The molecule has 3 aliphatic rings. The summed E-state index contributed by atoms with van der Waals surface area (Å²) in [5, 5.41) is 26.6. The molecule has 3 heterocycles. The predicted octanol–water partition coefficient (Wildman–Crippen LogP) is 6.51. The van der Waals surface area contributed by atoms with Crippen LogP contribution in [-0.4, -0.2) is 131 Å². The van der Waals surface area contributed by atoms with Gasteiger partial charge in [0.1, 0.15) is 36.8 Å². The molecule has 2 fully saturated rings. The van der Waals surface area contributed by atoms with Gasteiger partial charge in [-0.3, -0.25) is 24.2 Å². The molecule has 68 heavy (non-hydrogen) atoms. The Morgan fingerprint density at radius 2 is 1.59 bits per heavy atom. The van der Waals surface area contributed by atoms with Crippen LogP contribution in [0.15, 0.2) is 103 Å². The molecule has 5 aromatic rings. The summed E-state index contributed by atoms with van der Waals surface area (Å²) in [5.74, 6) is 0.546. The first kappa shape index (κ1) is 48.8. The number of amides is 3. The highest BCUT2D eigenvalue weighted by Gasteiger charge is 2.44. The first-order valence-electron chi connectivity index (χ1n) is 24.0. The van der Waals surface area contributed by atoms with Gasteiger partial charge in [-0.25, -0.2) is 4.98 Å². The van der Waals surface area contributed by atoms with E-state index in [4.69, 9.17) is 9.47 Å². The Kier molecular flexibility index (Phi) is 15.9. The molecular formula is C54H66N6O7S. The third-order valence-corrected chi connectivity index (χ3v) is 14.7. The van der Waals surface area contributed by atoms with Crippen LogP contribution in [0, 0.1) is 12.3 Å². The highest BCUT2D eigenvalue weighted by Crippen LogP contribution is 2.47. The number of aliphatic hydroxyl groups is 1. The van der Waals surface area contributed by atoms with Crippen LogP contribution in [0.5, 0.6) is 11.5 Å². The van der Waals surface area contributed by atoms with E-state index in [2.05, 4.69) is 86.1 Å². The first-order valence-corrected chi connectivity index (χ1v) is 24.9. The lowest BCUT2D eigenvalue weighted by molar-refractivity contribution is -0.144. The zero-order chi connectivity index (χ0) is 47.8. The Morgan fingerprint density at radius 3 is 2.26 bits per heavy atom. The number of likely N-dealkylation sites (tertiary alicyclic amines) is 1. The van der Waals surface area contributed by atoms with Crippen LogP contribution in [0.2, 0.25) is 0 Å². The second-order valence-corrected chi connectivity index (χ2v) is 20.4. The molecule has 4 aromatic carbocycles. The van der Waals surface area contributed by atoms with Gasteiger partial charge in [0.05, 0.1) is 28.8 Å². The van der Waals surface area contributed by atoms with Crippen molar-refractivity contribution in [2.24, 2.45) is 5.41 Å². The van der Waals surface area contributed by atoms with Crippen LogP contribution in [0.1, 0.15) is 79.0 Å². The number of rotatable bonds is 17. The largest absolute Gasteiger partial charge is 0.508 e. The van der Waals surface area contributed by atoms with Crippen LogP contribution < -0.4 is 15.4 Å². The second kappa shape index (κ2) is 22.2. The summed E-state index contributed by atoms with van der Waals surface area (Å²) >= 11 is 1.58. The van der Waals surface area contributed by atoms with E-state index < -0.39 is 35.4 Å². The minimum absolute atomic E-state index is 0.00779. The summed E-state index contributed by atoms with van der Waals surface area (Å²) in [4.78, 5) is 52.3. The molecule has 8 rings (SSSR count). The number of aromatic hydroxyl groups is 1. The molecular weight excluding hydrogens is 877 g/mol. The molecule has 1 aliphatic carbocycles. The number of aromatic nitrogens is 1. The molecule has 5 atom stereocenters. The maximum absolute atomic E-state index is 14.1. The molecule has 2 aliphatic heterocycles. The van der Waals surface area contributed by atoms with Crippen molar-refractivity contribution in [3.05, 3.63) is 136 Å². The molecule has 4 N–H and O–H groups in total. The zero-order valence-corrected chi connectivity index (χ0v) is 40.6. The highest BCUT2D eigenvalue weighted by molar-refractivity contribution is 7.13. The summed E-state index contributed by atoms with van der Waals surface area (Å²) in [7, 11) is 0. The number of aliphatic hydroxyl groups excluding tert-OH is 1. The highest BCUT2D eigenvalue weighted by atomic mass is 32.1. The van der Waals surface area contributed by atoms with E-state index in [1.54, 1.807) is 17.4 Å². The molecule has 1 aromatic heterocycles. The van der Waals surface area contributed by atoms with Gasteiger partial charge in [0.25, 0.3) is 0 Å². The van der Waals surface area contributed by atoms with Gasteiger partial charge in [-0.1, -0.05) is 93.6 Å². The van der Waals surface area contributed by atoms with Gasteiger partial charge in [-0.15, -0.1) is 11.3 Å². The number of nitrogens with one attached hydrogen (secondary N) is 2. The molecule has 0 radical (unpaired) electrons. The van der Waals surface area contributed by atoms with Crippen LogP contribution in [0.4, 0.5) is 0 Å². The van der Waals surface area contributed by atoms with Crippen LogP contribution in [0.3, 0.4) is 0 Å². The van der Waals surface area contributed by atoms with E-state index in [0.717, 1.165) is 73.0 Å². The summed E-state index contributed by atoms with van der Waals surface area (Å²) in [6, 6.07) is 31.2. The van der Waals surface area contributed by atoms with Gasteiger partial charge in [0, 0.05) is 64.7 Å². The number of carbonyl (C=O) groups excluding carboxylic acids is 3. The van der Waals surface area contributed by atoms with E-state index >= 15 is 0 Å². The molecule has 14 heteroatoms. The standard InChI is InChI=1S/C54H66N6O7S/c1-36-50(68-35-56-36)40-12-10-37(11-13-40)32-55-52(64)47-31-43(62)33-60(47)53(65)51(54(2,3)4)57-48(63)34-66-28-26-58-22-24-59(25-23-58)27-29-67-44-18-14-39(15-19-44)49-45(38-8-6-5-7-9-38)20-16-41-30-42(61)17-21-46(41)49/h5-15,17-19,21,30,35,43,45,47,49,51,61-62H,16,20,22-29,31-34H2,1-4H3,(H,55,64)(H,57,63)/t43-,45-,47+,49?,51-/m1/s1. The number of aryl methyl sites for hydroxylation is 2. The lowest BCUT2D eigenvalue weighted by Gasteiger charge is -2.35. The normalized spacial score (nSPS) is 20.4. The van der Waals surface area contributed by atoms with E-state index in [1.165, 1.54) is 27.2 Å². The number of carbonyl (C=O) groups is 3. The molecule has 360 valence electrons. The number of β-amino-alcohol motifs (C(OH)–C–C–N with tert-alkyl or cyclic N) is 1. The minimum Gasteiger partial charge on any atom is -0.508 e. The Bertz CT molecular complexity index is 2470. The summed E-state index contributed by atoms with van der Waals surface area (Å²) in [6.45, 7) is 13.7. The number of nitrogens with zero attached hydrogens (tertiary/aromatic N) is 4. The van der Waals surface area contributed by atoms with Gasteiger partial charge in [0.15, 0.2) is 0 Å². The van der Waals surface area contributed by atoms with Crippen molar-refractivity contribution in [2.75, 3.05) is 65.6 Å². The van der Waals surface area contributed by atoms with Crippen LogP contribution in [-0.2, 0) is 32.1 Å². The topological polar surface area (TPSA) is 157 Å². The third kappa shape index (κ3) is 12.1. The number of thiazole rings is 1. The molecule has 0 spiro atoms. The SMILES string of the molecule is Cc1ncsc1-c1ccc(CNC(=O)[C@@H]2C[C@@H](O)CN2C(=O)[C@@H](NC(=O)COCCN2CCN(CCOc3ccc(C4c5ccc(O)cc5CC[C@@H]4c4ccccc4)cc3)CC2)C(C)(C)C)cc1. The molecule has 2 saturated heterocycles. The van der Waals surface area contributed by atoms with Crippen LogP contribution >= 0.6 is 11.3 Å². The Balaban J connectivity index is 0.741. The van der Waals surface area contributed by atoms with Gasteiger partial charge in [0.2, 0.25) is 17.7 Å². The minimum atomic E-state index is -0.928. The van der Waals surface area contributed by atoms with Gasteiger partial charge < -0.3 is 35.2 Å². The van der Waals surface area contributed by atoms with Crippen LogP contribution in [0.25, 0.3) is 10.4 Å². The zero-order valence-electron chi connectivity index (χ0n) is 39.7. The molecule has 0 bridgehead atoms. The van der Waals surface area contributed by atoms with Gasteiger partial charge >= 0.3 is 0 Å². The first-order chi connectivity index (χ1) is 32.8. The van der Waals surface area contributed by atoms with Crippen molar-refractivity contribution >= 4 is 29.1 Å². The molecule has 1 unspecified atom stereocenters. The number of hydrogen-bond donors (Lipinski definition) is 4. The monoisotopic (exact) mass is 942 g/mol. The van der Waals surface area contributed by atoms with E-state index in [0.29, 0.717) is 31.4 Å². The Morgan fingerprint density at radius 1 is 0.882 bits per heavy atom. The van der Waals surface area contributed by atoms with Crippen molar-refractivity contribution in [3.8, 4) is 21.9 Å². The molecule has 13 nitrogen and oxygen atoms in total. The number of ether oxygens (including phenoxy) is 2. The van der Waals surface area contributed by atoms with E-state index in [-0.39, 0.29) is 37.9 Å². The fraction of sp³-hybridized carbons (Fsp3) is 0.444. The maximum atomic E-state index is 14.1. The average molecular weight is 943 g/mol. The lowest BCUT2D eigenvalue weighted by Crippen LogP contribution is -2.58. The summed E-state index contributed by atoms with van der Waals surface area (Å²) in [5.41, 5.74) is 9.17. The number of hydrogen-bond acceptors (Lipinski definition) is 11. The van der Waals surface area contributed by atoms with Crippen molar-refractivity contribution < 1.29 is 34.1 Å². The lowest BCUT2D eigenvalue weighted by atomic mass is 9.69. The van der Waals surface area contributed by atoms with Crippen molar-refractivity contribution in [1.82, 2.24) is 30.3 Å². The number of benzene rings is 4. The van der Waals surface area contributed by atoms with Crippen molar-refractivity contribution in [3.63, 3.8) is 0 Å². The molecule has 3 amide bonds. The average Bonchev–Trinajstić information content (AvgIpc) is 3.96. The fourth-order valence-corrected chi connectivity index (χ4v) is 10.7. The smallest absolute Gasteiger partial charge is 0.246 e. The Hall–Kier alpha value is -5.64. The molecule has 0 saturated carbocycles. The number of phenolic OH excluding ortho intramolecular Hbond substituents is 1. The third-order valence-electron chi connectivity index (χ3n) is 13.7. The maximum Gasteiger partial charge on any atom is 0.246 e. The Labute approximate surface area is 404 Å². The summed E-state index contributed by atoms with van der Waals surface area (Å²) < 4.78 is 12.0.